The van der Waals surface area contributed by atoms with Crippen molar-refractivity contribution in [3.8, 4) is 0 Å². The summed E-state index contributed by atoms with van der Waals surface area (Å²) in [4.78, 5) is 20.4. The summed E-state index contributed by atoms with van der Waals surface area (Å²) < 4.78 is 3.47. The van der Waals surface area contributed by atoms with E-state index < -0.39 is 0 Å². The molecule has 2 aromatic heterocycles. The Morgan fingerprint density at radius 2 is 1.91 bits per heavy atom. The second-order valence-electron chi connectivity index (χ2n) is 5.54. The fourth-order valence-electron chi connectivity index (χ4n) is 2.59. The molecule has 23 heavy (non-hydrogen) atoms. The second-order valence-corrected chi connectivity index (χ2v) is 5.54. The Morgan fingerprint density at radius 1 is 1.13 bits per heavy atom. The molecule has 0 amide bonds. The zero-order valence-electron chi connectivity index (χ0n) is 13.3. The quantitative estimate of drug-likeness (QED) is 0.720. The first-order valence-electron chi connectivity index (χ1n) is 7.59. The molecule has 6 heteroatoms. The van der Waals surface area contributed by atoms with E-state index in [1.54, 1.807) is 4.57 Å². The highest BCUT2D eigenvalue weighted by Gasteiger charge is 2.09. The highest BCUT2D eigenvalue weighted by Crippen LogP contribution is 2.05. The van der Waals surface area contributed by atoms with Gasteiger partial charge in [0.15, 0.2) is 0 Å². The maximum atomic E-state index is 12.1. The van der Waals surface area contributed by atoms with Gasteiger partial charge in [-0.05, 0) is 31.9 Å². The molecule has 0 radical (unpaired) electrons. The van der Waals surface area contributed by atoms with Crippen LogP contribution in [0.3, 0.4) is 0 Å². The van der Waals surface area contributed by atoms with Gasteiger partial charge in [-0.2, -0.15) is 10.1 Å². The van der Waals surface area contributed by atoms with Crippen molar-refractivity contribution in [2.75, 3.05) is 0 Å². The lowest BCUT2D eigenvalue weighted by molar-refractivity contribution is 0.550. The Hall–Kier alpha value is -2.76. The van der Waals surface area contributed by atoms with E-state index in [1.165, 1.54) is 11.9 Å². The van der Waals surface area contributed by atoms with Crippen LogP contribution in [0.1, 0.15) is 22.8 Å². The van der Waals surface area contributed by atoms with Gasteiger partial charge in [-0.1, -0.05) is 30.3 Å². The molecule has 0 saturated heterocycles. The third-order valence-electron chi connectivity index (χ3n) is 3.80. The Morgan fingerprint density at radius 3 is 2.65 bits per heavy atom. The van der Waals surface area contributed by atoms with E-state index in [4.69, 9.17) is 0 Å². The molecule has 0 bridgehead atoms. The average Bonchev–Trinajstić information content (AvgIpc) is 2.97. The molecule has 6 nitrogen and oxygen atoms in total. The molecule has 3 aromatic rings. The fourth-order valence-corrected chi connectivity index (χ4v) is 2.59. The Balaban J connectivity index is 1.78. The molecular weight excluding hydrogens is 290 g/mol. The lowest BCUT2D eigenvalue weighted by Crippen LogP contribution is -2.27. The number of benzene rings is 1. The van der Waals surface area contributed by atoms with Gasteiger partial charge in [-0.3, -0.25) is 4.57 Å². The lowest BCUT2D eigenvalue weighted by Gasteiger charge is -2.10. The van der Waals surface area contributed by atoms with Crippen LogP contribution >= 0.6 is 0 Å². The molecule has 0 atom stereocenters. The van der Waals surface area contributed by atoms with Gasteiger partial charge in [-0.25, -0.2) is 14.5 Å². The van der Waals surface area contributed by atoms with Crippen molar-refractivity contribution in [3.05, 3.63) is 76.0 Å². The third kappa shape index (κ3) is 3.53. The number of aromatic nitrogens is 5. The highest BCUT2D eigenvalue weighted by molar-refractivity contribution is 5.14. The van der Waals surface area contributed by atoms with Crippen LogP contribution in [-0.2, 0) is 19.5 Å². The number of aryl methyl sites for hydroxylation is 4. The molecule has 0 spiro atoms. The van der Waals surface area contributed by atoms with Gasteiger partial charge in [-0.15, -0.1) is 0 Å². The summed E-state index contributed by atoms with van der Waals surface area (Å²) in [5.41, 5.74) is 2.61. The molecule has 0 aliphatic heterocycles. The van der Waals surface area contributed by atoms with Crippen LogP contribution in [0.25, 0.3) is 0 Å². The van der Waals surface area contributed by atoms with Gasteiger partial charge in [0.1, 0.15) is 12.2 Å². The Kier molecular flexibility index (Phi) is 4.32. The van der Waals surface area contributed by atoms with E-state index in [1.807, 2.05) is 42.8 Å². The van der Waals surface area contributed by atoms with Crippen LogP contribution in [-0.4, -0.2) is 24.3 Å². The van der Waals surface area contributed by atoms with Crippen LogP contribution in [0.5, 0.6) is 0 Å². The average molecular weight is 309 g/mol. The molecule has 3 rings (SSSR count). The molecule has 0 N–H and O–H groups in total. The van der Waals surface area contributed by atoms with E-state index in [-0.39, 0.29) is 5.69 Å². The third-order valence-corrected chi connectivity index (χ3v) is 3.80. The minimum absolute atomic E-state index is 0.250. The number of hydrogen-bond acceptors (Lipinski definition) is 4. The molecular formula is C17H19N5O. The largest absolute Gasteiger partial charge is 0.348 e. The van der Waals surface area contributed by atoms with E-state index in [2.05, 4.69) is 27.2 Å². The van der Waals surface area contributed by atoms with E-state index in [0.29, 0.717) is 6.54 Å². The molecule has 0 saturated carbocycles. The van der Waals surface area contributed by atoms with Crippen molar-refractivity contribution in [1.82, 2.24) is 24.3 Å². The topological polar surface area (TPSA) is 65.6 Å². The maximum absolute atomic E-state index is 12.1. The predicted molar refractivity (Wildman–Crippen MR) is 87.2 cm³/mol. The van der Waals surface area contributed by atoms with Crippen molar-refractivity contribution in [2.24, 2.45) is 0 Å². The Labute approximate surface area is 134 Å². The summed E-state index contributed by atoms with van der Waals surface area (Å²) in [7, 11) is 0. The molecule has 0 fully saturated rings. The van der Waals surface area contributed by atoms with Crippen molar-refractivity contribution in [1.29, 1.82) is 0 Å². The van der Waals surface area contributed by atoms with Crippen molar-refractivity contribution >= 4 is 0 Å². The number of hydrogen-bond donors (Lipinski definition) is 0. The van der Waals surface area contributed by atoms with E-state index >= 15 is 0 Å². The smallest absolute Gasteiger partial charge is 0.289 e. The van der Waals surface area contributed by atoms with Gasteiger partial charge >= 0.3 is 5.69 Å². The van der Waals surface area contributed by atoms with Gasteiger partial charge in [0.05, 0.1) is 6.54 Å². The van der Waals surface area contributed by atoms with Crippen molar-refractivity contribution in [3.63, 3.8) is 0 Å². The molecule has 1 aromatic carbocycles. The molecule has 0 unspecified atom stereocenters. The predicted octanol–water partition coefficient (Wildman–Crippen LogP) is 1.74. The monoisotopic (exact) mass is 309 g/mol. The van der Waals surface area contributed by atoms with Crippen LogP contribution < -0.4 is 5.69 Å². The standard InChI is InChI=1S/C17H19N5O/c1-13-10-14(2)21(17(23)20-13)11-16-18-12-19-22(16)9-8-15-6-4-3-5-7-15/h3-7,10,12H,8-9,11H2,1-2H3. The van der Waals surface area contributed by atoms with Gasteiger partial charge in [0, 0.05) is 17.9 Å². The maximum Gasteiger partial charge on any atom is 0.348 e. The summed E-state index contributed by atoms with van der Waals surface area (Å²) in [6.45, 7) is 4.83. The lowest BCUT2D eigenvalue weighted by atomic mass is 10.1. The van der Waals surface area contributed by atoms with Gasteiger partial charge in [0.2, 0.25) is 0 Å². The van der Waals surface area contributed by atoms with Crippen LogP contribution in [0.2, 0.25) is 0 Å². The van der Waals surface area contributed by atoms with Crippen molar-refractivity contribution < 1.29 is 0 Å². The SMILES string of the molecule is Cc1cc(C)n(Cc2ncnn2CCc2ccccc2)c(=O)n1. The minimum Gasteiger partial charge on any atom is -0.289 e. The van der Waals surface area contributed by atoms with Gasteiger partial charge < -0.3 is 0 Å². The minimum atomic E-state index is -0.250. The summed E-state index contributed by atoms with van der Waals surface area (Å²) in [6, 6.07) is 12.1. The number of nitrogens with zero attached hydrogens (tertiary/aromatic N) is 5. The first kappa shape index (κ1) is 15.1. The molecule has 118 valence electrons. The summed E-state index contributed by atoms with van der Waals surface area (Å²) in [6.07, 6.45) is 2.40. The summed E-state index contributed by atoms with van der Waals surface area (Å²) >= 11 is 0. The highest BCUT2D eigenvalue weighted by atomic mass is 16.1. The van der Waals surface area contributed by atoms with Crippen LogP contribution in [0.4, 0.5) is 0 Å². The molecule has 0 aliphatic rings. The number of rotatable bonds is 5. The molecule has 2 heterocycles. The van der Waals surface area contributed by atoms with Crippen LogP contribution in [0, 0.1) is 13.8 Å². The zero-order valence-corrected chi connectivity index (χ0v) is 13.3. The van der Waals surface area contributed by atoms with Crippen molar-refractivity contribution in [2.45, 2.75) is 33.4 Å². The van der Waals surface area contributed by atoms with Gasteiger partial charge in [0.25, 0.3) is 0 Å². The van der Waals surface area contributed by atoms with Crippen LogP contribution in [0.15, 0.2) is 47.5 Å². The Bertz CT molecular complexity index is 851. The molecule has 0 aliphatic carbocycles. The van der Waals surface area contributed by atoms with E-state index in [9.17, 15) is 4.79 Å². The zero-order chi connectivity index (χ0) is 16.2. The first-order chi connectivity index (χ1) is 11.1. The summed E-state index contributed by atoms with van der Waals surface area (Å²) in [5, 5.41) is 4.27. The summed E-state index contributed by atoms with van der Waals surface area (Å²) in [5.74, 6) is 0.761. The normalized spacial score (nSPS) is 10.9. The first-order valence-corrected chi connectivity index (χ1v) is 7.59. The second kappa shape index (κ2) is 6.56. The fraction of sp³-hybridized carbons (Fsp3) is 0.294. The van der Waals surface area contributed by atoms with E-state index in [0.717, 1.165) is 30.2 Å².